The van der Waals surface area contributed by atoms with Crippen LogP contribution in [0.4, 0.5) is 13.2 Å². The topological polar surface area (TPSA) is 89.8 Å². The van der Waals surface area contributed by atoms with Gasteiger partial charge in [0, 0.05) is 6.42 Å². The van der Waals surface area contributed by atoms with Crippen molar-refractivity contribution in [1.29, 1.82) is 0 Å². The van der Waals surface area contributed by atoms with Crippen LogP contribution in [0.3, 0.4) is 0 Å². The zero-order chi connectivity index (χ0) is 18.0. The van der Waals surface area contributed by atoms with E-state index < -0.39 is 15.6 Å². The normalized spacial score (nSPS) is 17.6. The molecule has 0 saturated carbocycles. The first-order chi connectivity index (χ1) is 10.6. The van der Waals surface area contributed by atoms with Crippen LogP contribution in [0.15, 0.2) is 4.99 Å². The molecule has 0 aromatic rings. The molecule has 0 aromatic heterocycles. The average Bonchev–Trinajstić information content (AvgIpc) is 2.44. The summed E-state index contributed by atoms with van der Waals surface area (Å²) in [6, 6.07) is 0. The zero-order valence-corrected chi connectivity index (χ0v) is 14.2. The molecule has 1 rings (SSSR count). The van der Waals surface area contributed by atoms with Crippen molar-refractivity contribution < 1.29 is 35.7 Å². The van der Waals surface area contributed by atoms with Crippen LogP contribution in [-0.4, -0.2) is 72.6 Å². The summed E-state index contributed by atoms with van der Waals surface area (Å²) in [6.07, 6.45) is 5.01. The third-order valence-corrected chi connectivity index (χ3v) is 4.29. The van der Waals surface area contributed by atoms with Gasteiger partial charge in [0.05, 0.1) is 37.9 Å². The number of isothiocyanates is 1. The van der Waals surface area contributed by atoms with Crippen molar-refractivity contribution in [3.8, 4) is 0 Å². The summed E-state index contributed by atoms with van der Waals surface area (Å²) >= 11 is 4.54. The lowest BCUT2D eigenvalue weighted by Crippen LogP contribution is -2.53. The fourth-order valence-electron chi connectivity index (χ4n) is 2.48. The van der Waals surface area contributed by atoms with E-state index >= 15 is 0 Å². The van der Waals surface area contributed by atoms with Crippen molar-refractivity contribution in [1.82, 2.24) is 0 Å². The minimum absolute atomic E-state index is 0.302. The summed E-state index contributed by atoms with van der Waals surface area (Å²) < 4.78 is 60.0. The number of aliphatic hydroxyl groups excluding tert-OH is 1. The van der Waals surface area contributed by atoms with Gasteiger partial charge < -0.3 is 14.1 Å². The molecule has 0 bridgehead atoms. The Morgan fingerprint density at radius 2 is 1.74 bits per heavy atom. The maximum absolute atomic E-state index is 10.7. The van der Waals surface area contributed by atoms with E-state index in [0.29, 0.717) is 6.61 Å². The molecule has 0 radical (unpaired) electrons. The quantitative estimate of drug-likeness (QED) is 0.189. The van der Waals surface area contributed by atoms with E-state index in [1.165, 1.54) is 32.4 Å². The Balaban J connectivity index is 0.000000515. The molecule has 1 heterocycles. The van der Waals surface area contributed by atoms with E-state index in [1.54, 1.807) is 0 Å². The Kier molecular flexibility index (Phi) is 10.1. The third kappa shape index (κ3) is 9.33. The molecular formula is C12H21F3N2O4S2. The van der Waals surface area contributed by atoms with Crippen LogP contribution in [-0.2, 0) is 10.1 Å². The van der Waals surface area contributed by atoms with Gasteiger partial charge in [0.2, 0.25) is 0 Å². The SMILES string of the molecule is O=S(=O)([O-])C(F)(F)F.OCC[N+]1(CCCN=C=S)CCCCC1. The van der Waals surface area contributed by atoms with Crippen LogP contribution < -0.4 is 0 Å². The first-order valence-electron chi connectivity index (χ1n) is 7.10. The van der Waals surface area contributed by atoms with Crippen LogP contribution in [0.5, 0.6) is 0 Å². The number of piperidine rings is 1. The lowest BCUT2D eigenvalue weighted by Gasteiger charge is -2.41. The fraction of sp³-hybridized carbons (Fsp3) is 0.917. The fourth-order valence-corrected chi connectivity index (χ4v) is 2.58. The number of aliphatic imine (C=N–C) groups is 1. The molecule has 0 aromatic carbocycles. The first-order valence-corrected chi connectivity index (χ1v) is 8.91. The summed E-state index contributed by atoms with van der Waals surface area (Å²) in [5, 5.41) is 11.5. The molecule has 0 unspecified atom stereocenters. The van der Waals surface area contributed by atoms with Gasteiger partial charge in [-0.3, -0.25) is 0 Å². The van der Waals surface area contributed by atoms with Crippen molar-refractivity contribution >= 4 is 27.5 Å². The highest BCUT2D eigenvalue weighted by molar-refractivity contribution is 7.86. The van der Waals surface area contributed by atoms with Crippen LogP contribution in [0.25, 0.3) is 0 Å². The molecule has 1 saturated heterocycles. The zero-order valence-electron chi connectivity index (χ0n) is 12.6. The molecule has 11 heteroatoms. The first kappa shape index (κ1) is 22.4. The molecule has 1 fully saturated rings. The van der Waals surface area contributed by atoms with Crippen molar-refractivity contribution in [2.75, 3.05) is 39.3 Å². The predicted molar refractivity (Wildman–Crippen MR) is 80.9 cm³/mol. The van der Waals surface area contributed by atoms with Crippen LogP contribution in [0.2, 0.25) is 0 Å². The Bertz CT molecular complexity index is 480. The number of quaternary nitrogens is 1. The van der Waals surface area contributed by atoms with E-state index in [9.17, 15) is 13.2 Å². The number of nitrogens with zero attached hydrogens (tertiary/aromatic N) is 2. The van der Waals surface area contributed by atoms with Gasteiger partial charge >= 0.3 is 5.51 Å². The number of halogens is 3. The van der Waals surface area contributed by atoms with Crippen LogP contribution in [0, 0.1) is 0 Å². The molecule has 0 amide bonds. The van der Waals surface area contributed by atoms with E-state index in [0.717, 1.165) is 30.5 Å². The number of hydrogen-bond donors (Lipinski definition) is 1. The molecule has 0 spiro atoms. The van der Waals surface area contributed by atoms with Gasteiger partial charge in [-0.1, -0.05) is 0 Å². The Morgan fingerprint density at radius 3 is 2.13 bits per heavy atom. The number of alkyl halides is 3. The Morgan fingerprint density at radius 1 is 1.22 bits per heavy atom. The Hall–Kier alpha value is -0.580. The minimum atomic E-state index is -6.09. The van der Waals surface area contributed by atoms with Gasteiger partial charge in [0.1, 0.15) is 6.54 Å². The smallest absolute Gasteiger partial charge is 0.485 e. The van der Waals surface area contributed by atoms with E-state index in [4.69, 9.17) is 18.1 Å². The largest absolute Gasteiger partial charge is 0.741 e. The van der Waals surface area contributed by atoms with Gasteiger partial charge in [-0.25, -0.2) is 13.4 Å². The second-order valence-corrected chi connectivity index (χ2v) is 6.80. The van der Waals surface area contributed by atoms with Crippen molar-refractivity contribution in [2.24, 2.45) is 4.99 Å². The van der Waals surface area contributed by atoms with E-state index in [2.05, 4.69) is 22.4 Å². The molecule has 1 N–H and O–H groups in total. The molecule has 1 aliphatic heterocycles. The number of hydrogen-bond acceptors (Lipinski definition) is 6. The number of thiocarbonyl (C=S) groups is 1. The molecular weight excluding hydrogens is 357 g/mol. The summed E-state index contributed by atoms with van der Waals surface area (Å²) in [6.45, 7) is 5.57. The van der Waals surface area contributed by atoms with Crippen molar-refractivity contribution in [3.05, 3.63) is 0 Å². The second-order valence-electron chi connectivity index (χ2n) is 5.25. The third-order valence-electron chi connectivity index (χ3n) is 3.59. The molecule has 1 aliphatic rings. The number of rotatable bonds is 6. The van der Waals surface area contributed by atoms with Crippen LogP contribution >= 0.6 is 12.2 Å². The molecule has 6 nitrogen and oxygen atoms in total. The maximum atomic E-state index is 10.7. The summed E-state index contributed by atoms with van der Waals surface area (Å²) in [5.74, 6) is 0. The lowest BCUT2D eigenvalue weighted by atomic mass is 10.1. The maximum Gasteiger partial charge on any atom is 0.485 e. The standard InChI is InChI=1S/C11H21N2OS.CHF3O3S/c14-10-9-13(6-2-1-3-7-13)8-4-5-12-11-15;2-1(3,4)8(5,6)7/h14H,1-10H2;(H,5,6,7)/q+1;/p-1. The summed E-state index contributed by atoms with van der Waals surface area (Å²) in [7, 11) is -6.09. The lowest BCUT2D eigenvalue weighted by molar-refractivity contribution is -0.932. The number of aliphatic hydroxyl groups is 1. The van der Waals surface area contributed by atoms with Crippen molar-refractivity contribution in [3.63, 3.8) is 0 Å². The highest BCUT2D eigenvalue weighted by atomic mass is 32.2. The predicted octanol–water partition coefficient (Wildman–Crippen LogP) is 1.52. The molecule has 136 valence electrons. The van der Waals surface area contributed by atoms with Gasteiger partial charge in [-0.2, -0.15) is 13.2 Å². The Labute approximate surface area is 139 Å². The second kappa shape index (κ2) is 10.3. The number of likely N-dealkylation sites (tertiary alicyclic amines) is 1. The van der Waals surface area contributed by atoms with Gasteiger partial charge in [0.15, 0.2) is 10.1 Å². The molecule has 0 aliphatic carbocycles. The minimum Gasteiger partial charge on any atom is -0.741 e. The van der Waals surface area contributed by atoms with E-state index in [1.807, 2.05) is 0 Å². The van der Waals surface area contributed by atoms with Gasteiger partial charge in [-0.05, 0) is 31.5 Å². The molecule has 0 atom stereocenters. The van der Waals surface area contributed by atoms with Crippen molar-refractivity contribution in [2.45, 2.75) is 31.2 Å². The van der Waals surface area contributed by atoms with Gasteiger partial charge in [-0.15, -0.1) is 0 Å². The highest BCUT2D eigenvalue weighted by Crippen LogP contribution is 2.20. The highest BCUT2D eigenvalue weighted by Gasteiger charge is 2.36. The van der Waals surface area contributed by atoms with Gasteiger partial charge in [0.25, 0.3) is 0 Å². The average molecular weight is 378 g/mol. The summed E-state index contributed by atoms with van der Waals surface area (Å²) in [4.78, 5) is 3.94. The summed E-state index contributed by atoms with van der Waals surface area (Å²) in [5.41, 5.74) is -5.65. The van der Waals surface area contributed by atoms with Crippen LogP contribution in [0.1, 0.15) is 25.7 Å². The van der Waals surface area contributed by atoms with E-state index in [-0.39, 0.29) is 0 Å². The monoisotopic (exact) mass is 378 g/mol. The molecule has 23 heavy (non-hydrogen) atoms.